The van der Waals surface area contributed by atoms with E-state index in [0.717, 1.165) is 24.6 Å². The lowest BCUT2D eigenvalue weighted by Crippen LogP contribution is -2.34. The minimum Gasteiger partial charge on any atom is -0.381 e. The van der Waals surface area contributed by atoms with Crippen LogP contribution in [-0.2, 0) is 0 Å². The number of aryl methyl sites for hydroxylation is 1. The third-order valence-electron chi connectivity index (χ3n) is 4.48. The van der Waals surface area contributed by atoms with E-state index in [-0.39, 0.29) is 0 Å². The van der Waals surface area contributed by atoms with Gasteiger partial charge in [0.25, 0.3) is 0 Å². The summed E-state index contributed by atoms with van der Waals surface area (Å²) in [4.78, 5) is 4.60. The number of nitrogens with zero attached hydrogens (tertiary/aromatic N) is 1. The summed E-state index contributed by atoms with van der Waals surface area (Å²) < 4.78 is 0. The van der Waals surface area contributed by atoms with Crippen molar-refractivity contribution >= 4 is 11.5 Å². The molecule has 1 fully saturated rings. The highest BCUT2D eigenvalue weighted by molar-refractivity contribution is 5.65. The second kappa shape index (κ2) is 4.79. The van der Waals surface area contributed by atoms with Gasteiger partial charge in [0.15, 0.2) is 0 Å². The summed E-state index contributed by atoms with van der Waals surface area (Å²) in [6, 6.07) is 4.24. The van der Waals surface area contributed by atoms with Gasteiger partial charge in [0, 0.05) is 24.2 Å². The molecule has 1 spiro atoms. The topological polar surface area (TPSA) is 37.0 Å². The molecule has 0 atom stereocenters. The zero-order valence-electron chi connectivity index (χ0n) is 11.3. The van der Waals surface area contributed by atoms with E-state index in [1.165, 1.54) is 44.2 Å². The number of hydrogen-bond donors (Lipinski definition) is 2. The summed E-state index contributed by atoms with van der Waals surface area (Å²) in [6.45, 7) is 4.22. The Morgan fingerprint density at radius 3 is 2.50 bits per heavy atom. The highest BCUT2D eigenvalue weighted by atomic mass is 15.1. The number of nitrogens with one attached hydrogen (secondary N) is 2. The van der Waals surface area contributed by atoms with Crippen molar-refractivity contribution in [1.82, 2.24) is 4.98 Å². The van der Waals surface area contributed by atoms with Crippen LogP contribution < -0.4 is 10.6 Å². The van der Waals surface area contributed by atoms with Gasteiger partial charge < -0.3 is 10.6 Å². The van der Waals surface area contributed by atoms with Crippen LogP contribution in [0.4, 0.5) is 11.5 Å². The van der Waals surface area contributed by atoms with Crippen LogP contribution in [0.3, 0.4) is 0 Å². The smallest absolute Gasteiger partial charge is 0.149 e. The first kappa shape index (κ1) is 11.8. The molecule has 18 heavy (non-hydrogen) atoms. The maximum absolute atomic E-state index is 4.60. The van der Waals surface area contributed by atoms with Crippen molar-refractivity contribution < 1.29 is 0 Å². The summed E-state index contributed by atoms with van der Waals surface area (Å²) in [5, 5.41) is 7.20. The lowest BCUT2D eigenvalue weighted by molar-refractivity contribution is 0.286. The van der Waals surface area contributed by atoms with Crippen molar-refractivity contribution in [3.63, 3.8) is 0 Å². The van der Waals surface area contributed by atoms with Gasteiger partial charge in [0.05, 0.1) is 5.69 Å². The first-order chi connectivity index (χ1) is 8.77. The Morgan fingerprint density at radius 2 is 1.72 bits per heavy atom. The fraction of sp³-hybridized carbons (Fsp3) is 0.667. The Bertz CT molecular complexity index is 420. The summed E-state index contributed by atoms with van der Waals surface area (Å²) >= 11 is 0. The molecule has 2 heterocycles. The van der Waals surface area contributed by atoms with E-state index in [4.69, 9.17) is 0 Å². The van der Waals surface area contributed by atoms with Gasteiger partial charge in [-0.05, 0) is 31.9 Å². The average molecular weight is 245 g/mol. The summed E-state index contributed by atoms with van der Waals surface area (Å²) in [7, 11) is 0. The minimum absolute atomic E-state index is 0.436. The Kier molecular flexibility index (Phi) is 3.14. The molecule has 0 unspecified atom stereocenters. The van der Waals surface area contributed by atoms with Crippen LogP contribution in [-0.4, -0.2) is 18.1 Å². The van der Waals surface area contributed by atoms with Crippen LogP contribution in [0.5, 0.6) is 0 Å². The SMILES string of the molecule is Cc1ccc2c(n1)NCC1(CCCCCC1)CN2. The minimum atomic E-state index is 0.436. The normalized spacial score (nSPS) is 22.3. The molecule has 1 saturated carbocycles. The third-order valence-corrected chi connectivity index (χ3v) is 4.48. The Hall–Kier alpha value is -1.25. The largest absolute Gasteiger partial charge is 0.381 e. The lowest BCUT2D eigenvalue weighted by Gasteiger charge is -2.31. The molecule has 0 saturated heterocycles. The predicted octanol–water partition coefficient (Wildman–Crippen LogP) is 3.57. The molecule has 3 heteroatoms. The molecule has 2 aliphatic rings. The molecule has 1 aromatic heterocycles. The maximum atomic E-state index is 4.60. The van der Waals surface area contributed by atoms with Crippen molar-refractivity contribution in [3.8, 4) is 0 Å². The molecule has 0 aromatic carbocycles. The molecule has 0 radical (unpaired) electrons. The van der Waals surface area contributed by atoms with Crippen LogP contribution in [0.2, 0.25) is 0 Å². The van der Waals surface area contributed by atoms with Crippen molar-refractivity contribution in [1.29, 1.82) is 0 Å². The predicted molar refractivity (Wildman–Crippen MR) is 76.1 cm³/mol. The molecular formula is C15H23N3. The van der Waals surface area contributed by atoms with Crippen molar-refractivity contribution in [3.05, 3.63) is 17.8 Å². The van der Waals surface area contributed by atoms with Crippen molar-refractivity contribution in [2.24, 2.45) is 5.41 Å². The summed E-state index contributed by atoms with van der Waals surface area (Å²) in [6.07, 6.45) is 8.27. The van der Waals surface area contributed by atoms with Gasteiger partial charge in [-0.25, -0.2) is 4.98 Å². The van der Waals surface area contributed by atoms with E-state index in [1.54, 1.807) is 0 Å². The van der Waals surface area contributed by atoms with Gasteiger partial charge in [-0.15, -0.1) is 0 Å². The Labute approximate surface area is 109 Å². The summed E-state index contributed by atoms with van der Waals surface area (Å²) in [5.41, 5.74) is 2.69. The standard InChI is InChI=1S/C15H23N3/c1-12-6-7-13-14(18-12)17-11-15(10-16-13)8-4-2-3-5-9-15/h6-7,16H,2-5,8-11H2,1H3,(H,17,18). The number of aromatic nitrogens is 1. The molecule has 98 valence electrons. The molecule has 1 aliphatic carbocycles. The second-order valence-electron chi connectivity index (χ2n) is 5.97. The van der Waals surface area contributed by atoms with Crippen LogP contribution in [0.25, 0.3) is 0 Å². The van der Waals surface area contributed by atoms with E-state index in [2.05, 4.69) is 27.8 Å². The molecule has 0 amide bonds. The van der Waals surface area contributed by atoms with E-state index in [9.17, 15) is 0 Å². The maximum Gasteiger partial charge on any atom is 0.149 e. The monoisotopic (exact) mass is 245 g/mol. The third kappa shape index (κ3) is 2.31. The van der Waals surface area contributed by atoms with Gasteiger partial charge in [-0.2, -0.15) is 0 Å². The first-order valence-electron chi connectivity index (χ1n) is 7.23. The zero-order chi connectivity index (χ0) is 12.4. The van der Waals surface area contributed by atoms with Gasteiger partial charge >= 0.3 is 0 Å². The highest BCUT2D eigenvalue weighted by Crippen LogP contribution is 2.38. The van der Waals surface area contributed by atoms with E-state index >= 15 is 0 Å². The number of fused-ring (bicyclic) bond motifs is 1. The number of anilines is 2. The molecule has 3 rings (SSSR count). The second-order valence-corrected chi connectivity index (χ2v) is 5.97. The van der Waals surface area contributed by atoms with E-state index in [0.29, 0.717) is 5.41 Å². The molecule has 1 aliphatic heterocycles. The molecular weight excluding hydrogens is 222 g/mol. The molecule has 0 bridgehead atoms. The fourth-order valence-electron chi connectivity index (χ4n) is 3.28. The molecule has 2 N–H and O–H groups in total. The molecule has 1 aromatic rings. The van der Waals surface area contributed by atoms with Crippen LogP contribution >= 0.6 is 0 Å². The van der Waals surface area contributed by atoms with Gasteiger partial charge in [0.1, 0.15) is 5.82 Å². The fourth-order valence-corrected chi connectivity index (χ4v) is 3.28. The van der Waals surface area contributed by atoms with Gasteiger partial charge in [0.2, 0.25) is 0 Å². The number of hydrogen-bond acceptors (Lipinski definition) is 3. The summed E-state index contributed by atoms with van der Waals surface area (Å²) in [5.74, 6) is 1.04. The first-order valence-corrected chi connectivity index (χ1v) is 7.23. The Balaban J connectivity index is 1.81. The number of rotatable bonds is 0. The van der Waals surface area contributed by atoms with Crippen LogP contribution in [0, 0.1) is 12.3 Å². The number of pyridine rings is 1. The van der Waals surface area contributed by atoms with Gasteiger partial charge in [-0.3, -0.25) is 0 Å². The average Bonchev–Trinajstić information content (AvgIpc) is 2.70. The van der Waals surface area contributed by atoms with Crippen LogP contribution in [0.1, 0.15) is 44.2 Å². The lowest BCUT2D eigenvalue weighted by atomic mass is 9.80. The highest BCUT2D eigenvalue weighted by Gasteiger charge is 2.32. The molecule has 3 nitrogen and oxygen atoms in total. The van der Waals surface area contributed by atoms with Crippen molar-refractivity contribution in [2.75, 3.05) is 23.7 Å². The quantitative estimate of drug-likeness (QED) is 0.733. The van der Waals surface area contributed by atoms with Crippen molar-refractivity contribution in [2.45, 2.75) is 45.4 Å². The van der Waals surface area contributed by atoms with E-state index < -0.39 is 0 Å². The zero-order valence-corrected chi connectivity index (χ0v) is 11.3. The van der Waals surface area contributed by atoms with Crippen LogP contribution in [0.15, 0.2) is 12.1 Å². The van der Waals surface area contributed by atoms with Gasteiger partial charge in [-0.1, -0.05) is 25.7 Å². The Morgan fingerprint density at radius 1 is 1.00 bits per heavy atom. The van der Waals surface area contributed by atoms with E-state index in [1.807, 2.05) is 6.92 Å².